The zero-order valence-electron chi connectivity index (χ0n) is 13.6. The number of amides is 1. The first kappa shape index (κ1) is 17.2. The molecule has 21 heavy (non-hydrogen) atoms. The Hall–Kier alpha value is -1.85. The Morgan fingerprint density at radius 3 is 2.52 bits per heavy atom. The van der Waals surface area contributed by atoms with E-state index in [-0.39, 0.29) is 0 Å². The van der Waals surface area contributed by atoms with Crippen LogP contribution in [0.5, 0.6) is 0 Å². The molecule has 6 nitrogen and oxygen atoms in total. The second kappa shape index (κ2) is 6.28. The number of hydrogen-bond acceptors (Lipinski definition) is 4. The number of nitrogens with zero attached hydrogens (tertiary/aromatic N) is 2. The lowest BCUT2D eigenvalue weighted by Crippen LogP contribution is -2.46. The summed E-state index contributed by atoms with van der Waals surface area (Å²) >= 11 is 0. The smallest absolute Gasteiger partial charge is 0.408 e. The molecule has 1 atom stereocenters. The zero-order valence-corrected chi connectivity index (χ0v) is 13.6. The third-order valence-corrected chi connectivity index (χ3v) is 2.78. The Bertz CT molecular complexity index is 503. The summed E-state index contributed by atoms with van der Waals surface area (Å²) in [5.41, 5.74) is -1.14. The molecule has 0 aliphatic rings. The maximum Gasteiger partial charge on any atom is 0.408 e. The summed E-state index contributed by atoms with van der Waals surface area (Å²) in [6.45, 7) is 11.9. The van der Waals surface area contributed by atoms with E-state index in [0.717, 1.165) is 6.54 Å². The van der Waals surface area contributed by atoms with Crippen LogP contribution in [0.1, 0.15) is 47.1 Å². The van der Waals surface area contributed by atoms with Crippen molar-refractivity contribution in [1.29, 1.82) is 0 Å². The molecule has 1 unspecified atom stereocenters. The van der Waals surface area contributed by atoms with Gasteiger partial charge in [0.15, 0.2) is 0 Å². The highest BCUT2D eigenvalue weighted by atomic mass is 16.6. The first-order chi connectivity index (χ1) is 9.55. The minimum absolute atomic E-state index is 0.444. The van der Waals surface area contributed by atoms with Gasteiger partial charge in [-0.05, 0) is 33.6 Å². The molecule has 1 rings (SSSR count). The number of aldehydes is 1. The predicted octanol–water partition coefficient (Wildman–Crippen LogP) is 2.48. The van der Waals surface area contributed by atoms with Crippen LogP contribution in [0.15, 0.2) is 12.4 Å². The lowest BCUT2D eigenvalue weighted by Gasteiger charge is -2.26. The van der Waals surface area contributed by atoms with Gasteiger partial charge in [0.05, 0.1) is 6.20 Å². The Morgan fingerprint density at radius 1 is 1.43 bits per heavy atom. The van der Waals surface area contributed by atoms with Gasteiger partial charge in [0.25, 0.3) is 0 Å². The maximum absolute atomic E-state index is 11.9. The molecule has 0 saturated heterocycles. The standard InChI is InChI=1S/C15H25N3O3/c1-11(2)8-18-9-12(7-16-18)15(6,10-19)17-13(20)21-14(3,4)5/h7,9-11H,8H2,1-6H3,(H,17,20). The average molecular weight is 295 g/mol. The van der Waals surface area contributed by atoms with Gasteiger partial charge in [-0.2, -0.15) is 5.10 Å². The van der Waals surface area contributed by atoms with Crippen LogP contribution in [0.4, 0.5) is 4.79 Å². The van der Waals surface area contributed by atoms with Crippen molar-refractivity contribution in [3.05, 3.63) is 18.0 Å². The monoisotopic (exact) mass is 295 g/mol. The third kappa shape index (κ3) is 5.21. The van der Waals surface area contributed by atoms with Crippen molar-refractivity contribution in [1.82, 2.24) is 15.1 Å². The molecule has 0 radical (unpaired) electrons. The molecule has 1 N–H and O–H groups in total. The highest BCUT2D eigenvalue weighted by molar-refractivity contribution is 5.77. The number of rotatable bonds is 5. The molecule has 0 bridgehead atoms. The van der Waals surface area contributed by atoms with Gasteiger partial charge in [0.2, 0.25) is 0 Å². The number of hydrogen-bond donors (Lipinski definition) is 1. The number of carbonyl (C=O) groups is 2. The molecular formula is C15H25N3O3. The molecule has 0 aliphatic carbocycles. The predicted molar refractivity (Wildman–Crippen MR) is 79.9 cm³/mol. The quantitative estimate of drug-likeness (QED) is 0.847. The van der Waals surface area contributed by atoms with Gasteiger partial charge in [-0.1, -0.05) is 13.8 Å². The minimum atomic E-state index is -1.16. The van der Waals surface area contributed by atoms with Crippen LogP contribution in [0.3, 0.4) is 0 Å². The van der Waals surface area contributed by atoms with Crippen LogP contribution < -0.4 is 5.32 Å². The fourth-order valence-electron chi connectivity index (χ4n) is 1.79. The fourth-order valence-corrected chi connectivity index (χ4v) is 1.79. The highest BCUT2D eigenvalue weighted by Gasteiger charge is 2.31. The van der Waals surface area contributed by atoms with Crippen LogP contribution >= 0.6 is 0 Å². The van der Waals surface area contributed by atoms with E-state index in [4.69, 9.17) is 4.74 Å². The first-order valence-electron chi connectivity index (χ1n) is 7.06. The Morgan fingerprint density at radius 2 is 2.05 bits per heavy atom. The van der Waals surface area contributed by atoms with E-state index in [2.05, 4.69) is 24.3 Å². The lowest BCUT2D eigenvalue weighted by atomic mass is 9.97. The summed E-state index contributed by atoms with van der Waals surface area (Å²) in [6, 6.07) is 0. The van der Waals surface area contributed by atoms with Crippen LogP contribution in [-0.4, -0.2) is 27.8 Å². The Kier molecular flexibility index (Phi) is 5.15. The zero-order chi connectivity index (χ0) is 16.3. The summed E-state index contributed by atoms with van der Waals surface area (Å²) in [6.07, 6.45) is 3.42. The van der Waals surface area contributed by atoms with Gasteiger partial charge < -0.3 is 14.8 Å². The van der Waals surface area contributed by atoms with Gasteiger partial charge >= 0.3 is 6.09 Å². The van der Waals surface area contributed by atoms with Crippen molar-refractivity contribution in [2.24, 2.45) is 5.92 Å². The van der Waals surface area contributed by atoms with E-state index in [0.29, 0.717) is 17.8 Å². The molecule has 1 amide bonds. The number of alkyl carbamates (subject to hydrolysis) is 1. The molecule has 0 aromatic carbocycles. The van der Waals surface area contributed by atoms with Crippen LogP contribution in [0.25, 0.3) is 0 Å². The van der Waals surface area contributed by atoms with E-state index in [1.807, 2.05) is 0 Å². The summed E-state index contributed by atoms with van der Waals surface area (Å²) in [7, 11) is 0. The normalized spacial score (nSPS) is 14.6. The van der Waals surface area contributed by atoms with Crippen molar-refractivity contribution < 1.29 is 14.3 Å². The lowest BCUT2D eigenvalue weighted by molar-refractivity contribution is -0.113. The van der Waals surface area contributed by atoms with E-state index in [1.165, 1.54) is 0 Å². The first-order valence-corrected chi connectivity index (χ1v) is 7.06. The summed E-state index contributed by atoms with van der Waals surface area (Å²) in [5.74, 6) is 0.444. The molecule has 0 spiro atoms. The second-order valence-electron chi connectivity index (χ2n) is 6.79. The molecule has 0 aliphatic heterocycles. The minimum Gasteiger partial charge on any atom is -0.444 e. The maximum atomic E-state index is 11.9. The van der Waals surface area contributed by atoms with E-state index in [1.54, 1.807) is 44.8 Å². The highest BCUT2D eigenvalue weighted by Crippen LogP contribution is 2.19. The van der Waals surface area contributed by atoms with Gasteiger partial charge in [0, 0.05) is 18.3 Å². The van der Waals surface area contributed by atoms with Crippen molar-refractivity contribution in [3.8, 4) is 0 Å². The topological polar surface area (TPSA) is 73.2 Å². The van der Waals surface area contributed by atoms with Gasteiger partial charge in [-0.15, -0.1) is 0 Å². The molecule has 1 aromatic heterocycles. The largest absolute Gasteiger partial charge is 0.444 e. The summed E-state index contributed by atoms with van der Waals surface area (Å²) in [5, 5.41) is 6.82. The number of nitrogens with one attached hydrogen (secondary N) is 1. The SMILES string of the molecule is CC(C)Cn1cc(C(C)(C=O)NC(=O)OC(C)(C)C)cn1. The molecule has 0 fully saturated rings. The van der Waals surface area contributed by atoms with Crippen LogP contribution in [0, 0.1) is 5.92 Å². The van der Waals surface area contributed by atoms with Gasteiger partial charge in [-0.3, -0.25) is 4.68 Å². The van der Waals surface area contributed by atoms with E-state index < -0.39 is 17.2 Å². The summed E-state index contributed by atoms with van der Waals surface area (Å²) < 4.78 is 6.95. The molecule has 118 valence electrons. The van der Waals surface area contributed by atoms with Crippen molar-refractivity contribution in [3.63, 3.8) is 0 Å². The second-order valence-corrected chi connectivity index (χ2v) is 6.79. The number of carbonyl (C=O) groups excluding carboxylic acids is 2. The van der Waals surface area contributed by atoms with Crippen LogP contribution in [0.2, 0.25) is 0 Å². The van der Waals surface area contributed by atoms with Crippen molar-refractivity contribution in [2.75, 3.05) is 0 Å². The Labute approximate surface area is 125 Å². The molecule has 1 aromatic rings. The number of ether oxygens (including phenoxy) is 1. The van der Waals surface area contributed by atoms with Gasteiger partial charge in [-0.25, -0.2) is 4.79 Å². The fraction of sp³-hybridized carbons (Fsp3) is 0.667. The average Bonchev–Trinajstić information content (AvgIpc) is 2.74. The van der Waals surface area contributed by atoms with E-state index in [9.17, 15) is 9.59 Å². The summed E-state index contributed by atoms with van der Waals surface area (Å²) in [4.78, 5) is 23.3. The molecular weight excluding hydrogens is 270 g/mol. The molecule has 1 heterocycles. The van der Waals surface area contributed by atoms with Crippen molar-refractivity contribution in [2.45, 2.75) is 59.2 Å². The molecule has 0 saturated carbocycles. The Balaban J connectivity index is 2.86. The molecule has 6 heteroatoms. The van der Waals surface area contributed by atoms with Gasteiger partial charge in [0.1, 0.15) is 17.4 Å². The number of aromatic nitrogens is 2. The van der Waals surface area contributed by atoms with Crippen LogP contribution in [-0.2, 0) is 21.6 Å². The van der Waals surface area contributed by atoms with E-state index >= 15 is 0 Å². The van der Waals surface area contributed by atoms with Crippen molar-refractivity contribution >= 4 is 12.4 Å². The third-order valence-electron chi connectivity index (χ3n) is 2.78.